The highest BCUT2D eigenvalue weighted by Crippen LogP contribution is 2.32. The van der Waals surface area contributed by atoms with E-state index in [4.69, 9.17) is 16.3 Å². The molecule has 35 heavy (non-hydrogen) atoms. The molecule has 0 bridgehead atoms. The number of nitrogens with one attached hydrogen (secondary N) is 2. The first-order valence-corrected chi connectivity index (χ1v) is 12.5. The van der Waals surface area contributed by atoms with Gasteiger partial charge in [0.1, 0.15) is 17.6 Å². The third kappa shape index (κ3) is 7.08. The number of hydrogen-bond acceptors (Lipinski definition) is 5. The fourth-order valence-electron chi connectivity index (χ4n) is 4.84. The van der Waals surface area contributed by atoms with Gasteiger partial charge in [-0.25, -0.2) is 0 Å². The summed E-state index contributed by atoms with van der Waals surface area (Å²) >= 11 is 6.15. The van der Waals surface area contributed by atoms with Gasteiger partial charge in [0.25, 0.3) is 0 Å². The summed E-state index contributed by atoms with van der Waals surface area (Å²) in [5, 5.41) is 13.7. The van der Waals surface area contributed by atoms with Crippen LogP contribution in [-0.4, -0.2) is 35.6 Å². The van der Waals surface area contributed by atoms with E-state index in [1.54, 1.807) is 18.2 Å². The van der Waals surface area contributed by atoms with Crippen molar-refractivity contribution in [1.29, 1.82) is 5.26 Å². The molecule has 1 saturated carbocycles. The fourth-order valence-corrected chi connectivity index (χ4v) is 5.05. The summed E-state index contributed by atoms with van der Waals surface area (Å²) < 4.78 is 5.38. The molecular weight excluding hydrogens is 466 g/mol. The molecule has 1 aromatic carbocycles. The van der Waals surface area contributed by atoms with E-state index in [1.165, 1.54) is 7.11 Å². The Morgan fingerprint density at radius 2 is 2.03 bits per heavy atom. The highest BCUT2D eigenvalue weighted by Gasteiger charge is 2.31. The van der Waals surface area contributed by atoms with Gasteiger partial charge in [-0.3, -0.25) is 14.4 Å². The number of ketones is 2. The van der Waals surface area contributed by atoms with Crippen LogP contribution in [0, 0.1) is 28.6 Å². The van der Waals surface area contributed by atoms with E-state index >= 15 is 0 Å². The summed E-state index contributed by atoms with van der Waals surface area (Å²) in [6.45, 7) is 6.03. The highest BCUT2D eigenvalue weighted by molar-refractivity contribution is 6.31. The Morgan fingerprint density at radius 3 is 2.66 bits per heavy atom. The molecule has 2 aromatic rings. The molecule has 1 aliphatic rings. The van der Waals surface area contributed by atoms with Crippen molar-refractivity contribution in [3.05, 3.63) is 28.9 Å². The molecule has 1 amide bonds. The minimum atomic E-state index is -0.758. The van der Waals surface area contributed by atoms with E-state index in [-0.39, 0.29) is 35.2 Å². The first-order valence-electron chi connectivity index (χ1n) is 12.1. The first kappa shape index (κ1) is 26.7. The zero-order valence-electron chi connectivity index (χ0n) is 20.9. The van der Waals surface area contributed by atoms with Crippen molar-refractivity contribution >= 4 is 40.0 Å². The van der Waals surface area contributed by atoms with Crippen LogP contribution in [0.15, 0.2) is 18.2 Å². The molecule has 3 rings (SSSR count). The standard InChI is InChI=1S/C27H34ClN3O4/c1-27(2,3)14-17(26(34)30-19(15-29)9-16-7-5-6-8-23(16)32)10-24(33)22-13-20-21(31-22)11-18(28)12-25(20)35-4/h11-13,16-17,19,31H,5-10,14H2,1-4H3,(H,30,34)/t16-,17-,19-/m0/s1. The number of aromatic nitrogens is 1. The Bertz CT molecular complexity index is 1140. The number of rotatable bonds is 9. The van der Waals surface area contributed by atoms with Crippen LogP contribution in [0.2, 0.25) is 5.02 Å². The van der Waals surface area contributed by atoms with Crippen LogP contribution < -0.4 is 10.1 Å². The number of halogens is 1. The molecule has 0 saturated heterocycles. The number of nitrogens with zero attached hydrogens (tertiary/aromatic N) is 1. The second-order valence-electron chi connectivity index (χ2n) is 10.7. The molecule has 0 spiro atoms. The van der Waals surface area contributed by atoms with E-state index < -0.39 is 12.0 Å². The summed E-state index contributed by atoms with van der Waals surface area (Å²) in [6.07, 6.45) is 3.93. The molecule has 1 aromatic heterocycles. The monoisotopic (exact) mass is 499 g/mol. The van der Waals surface area contributed by atoms with Gasteiger partial charge in [0.15, 0.2) is 5.78 Å². The van der Waals surface area contributed by atoms with Crippen molar-refractivity contribution in [3.8, 4) is 11.8 Å². The predicted octanol–water partition coefficient (Wildman–Crippen LogP) is 5.61. The Kier molecular flexibility index (Phi) is 8.60. The molecule has 1 heterocycles. The number of methoxy groups -OCH3 is 1. The second-order valence-corrected chi connectivity index (χ2v) is 11.1. The van der Waals surface area contributed by atoms with Gasteiger partial charge in [-0.1, -0.05) is 38.8 Å². The van der Waals surface area contributed by atoms with E-state index in [9.17, 15) is 19.6 Å². The van der Waals surface area contributed by atoms with Crippen molar-refractivity contribution < 1.29 is 19.1 Å². The van der Waals surface area contributed by atoms with E-state index in [0.29, 0.717) is 41.2 Å². The number of aromatic amines is 1. The number of Topliss-reactive ketones (excluding diaryl/α,β-unsaturated/α-hetero) is 2. The summed E-state index contributed by atoms with van der Waals surface area (Å²) in [6, 6.07) is 6.50. The van der Waals surface area contributed by atoms with Crippen molar-refractivity contribution in [3.63, 3.8) is 0 Å². The van der Waals surface area contributed by atoms with Crippen molar-refractivity contribution in [1.82, 2.24) is 10.3 Å². The molecule has 1 aliphatic carbocycles. The topological polar surface area (TPSA) is 112 Å². The highest BCUT2D eigenvalue weighted by atomic mass is 35.5. The molecule has 0 unspecified atom stereocenters. The van der Waals surface area contributed by atoms with Crippen molar-refractivity contribution in [2.75, 3.05) is 7.11 Å². The van der Waals surface area contributed by atoms with Gasteiger partial charge in [0, 0.05) is 35.1 Å². The van der Waals surface area contributed by atoms with E-state index in [1.807, 2.05) is 20.8 Å². The lowest BCUT2D eigenvalue weighted by atomic mass is 9.81. The van der Waals surface area contributed by atoms with Gasteiger partial charge in [0.05, 0.1) is 24.4 Å². The predicted molar refractivity (Wildman–Crippen MR) is 135 cm³/mol. The van der Waals surface area contributed by atoms with Crippen molar-refractivity contribution in [2.45, 2.75) is 71.8 Å². The molecule has 1 fully saturated rings. The third-order valence-electron chi connectivity index (χ3n) is 6.52. The number of amides is 1. The number of hydrogen-bond donors (Lipinski definition) is 2. The van der Waals surface area contributed by atoms with Gasteiger partial charge in [-0.15, -0.1) is 0 Å². The Morgan fingerprint density at radius 1 is 1.29 bits per heavy atom. The van der Waals surface area contributed by atoms with Gasteiger partial charge >= 0.3 is 0 Å². The number of H-pyrrole nitrogens is 1. The lowest BCUT2D eigenvalue weighted by Gasteiger charge is -2.27. The molecule has 3 atom stereocenters. The van der Waals surface area contributed by atoms with E-state index in [2.05, 4.69) is 16.4 Å². The molecule has 7 nitrogen and oxygen atoms in total. The maximum absolute atomic E-state index is 13.3. The summed E-state index contributed by atoms with van der Waals surface area (Å²) in [5.41, 5.74) is 0.842. The summed E-state index contributed by atoms with van der Waals surface area (Å²) in [7, 11) is 1.54. The quantitative estimate of drug-likeness (QED) is 0.435. The SMILES string of the molecule is COc1cc(Cl)cc2[nH]c(C(=O)C[C@@H](CC(C)(C)C)C(=O)N[C@H](C#N)C[C@@H]3CCCCC3=O)cc12. The number of fused-ring (bicyclic) bond motifs is 1. The number of carbonyl (C=O) groups excluding carboxylic acids is 3. The molecule has 0 radical (unpaired) electrons. The fraction of sp³-hybridized carbons (Fsp3) is 0.556. The maximum atomic E-state index is 13.3. The van der Waals surface area contributed by atoms with Gasteiger partial charge in [0.2, 0.25) is 5.91 Å². The van der Waals surface area contributed by atoms with Crippen LogP contribution in [0.25, 0.3) is 10.9 Å². The van der Waals surface area contributed by atoms with Gasteiger partial charge < -0.3 is 15.0 Å². The van der Waals surface area contributed by atoms with Crippen LogP contribution in [0.3, 0.4) is 0 Å². The van der Waals surface area contributed by atoms with Crippen LogP contribution >= 0.6 is 11.6 Å². The largest absolute Gasteiger partial charge is 0.496 e. The third-order valence-corrected chi connectivity index (χ3v) is 6.74. The van der Waals surface area contributed by atoms with Crippen molar-refractivity contribution in [2.24, 2.45) is 17.3 Å². The van der Waals surface area contributed by atoms with Crippen LogP contribution in [0.1, 0.15) is 76.2 Å². The van der Waals surface area contributed by atoms with Gasteiger partial charge in [-0.05, 0) is 49.3 Å². The van der Waals surface area contributed by atoms with Crippen LogP contribution in [-0.2, 0) is 9.59 Å². The average molecular weight is 500 g/mol. The second kappa shape index (κ2) is 11.3. The Balaban J connectivity index is 1.76. The van der Waals surface area contributed by atoms with E-state index in [0.717, 1.165) is 24.6 Å². The average Bonchev–Trinajstić information content (AvgIpc) is 3.22. The molecule has 188 valence electrons. The minimum Gasteiger partial charge on any atom is -0.496 e. The lowest BCUT2D eigenvalue weighted by Crippen LogP contribution is -2.42. The Labute approximate surface area is 211 Å². The maximum Gasteiger partial charge on any atom is 0.224 e. The zero-order chi connectivity index (χ0) is 25.8. The summed E-state index contributed by atoms with van der Waals surface area (Å²) in [4.78, 5) is 41.8. The smallest absolute Gasteiger partial charge is 0.224 e. The van der Waals surface area contributed by atoms with Gasteiger partial charge in [-0.2, -0.15) is 5.26 Å². The number of nitriles is 1. The molecular formula is C27H34ClN3O4. The molecule has 2 N–H and O–H groups in total. The van der Waals surface area contributed by atoms with Crippen LogP contribution in [0.4, 0.5) is 0 Å². The number of benzene rings is 1. The number of ether oxygens (including phenoxy) is 1. The molecule has 0 aliphatic heterocycles. The summed E-state index contributed by atoms with van der Waals surface area (Å²) in [5.74, 6) is -0.621. The minimum absolute atomic E-state index is 0.00746. The number of carbonyl (C=O) groups is 3. The Hall–Kier alpha value is -2.85. The normalized spacial score (nSPS) is 18.1. The first-order chi connectivity index (χ1) is 16.5. The lowest BCUT2D eigenvalue weighted by molar-refractivity contribution is -0.128. The molecule has 8 heteroatoms. The zero-order valence-corrected chi connectivity index (χ0v) is 21.6. The van der Waals surface area contributed by atoms with Crippen LogP contribution in [0.5, 0.6) is 5.75 Å².